The molecule has 0 aromatic heterocycles. The molecule has 0 saturated carbocycles. The molecule has 1 amide bonds. The Hall–Kier alpha value is -2.45. The van der Waals surface area contributed by atoms with E-state index in [-0.39, 0.29) is 21.5 Å². The number of amides is 1. The minimum absolute atomic E-state index is 0.0603. The molecule has 1 aliphatic heterocycles. The zero-order valence-corrected chi connectivity index (χ0v) is 22.1. The van der Waals surface area contributed by atoms with Gasteiger partial charge in [0.25, 0.3) is 10.0 Å². The lowest BCUT2D eigenvalue weighted by atomic mass is 10.1. The fraction of sp³-hybridized carbons (Fsp3) is 0.240. The van der Waals surface area contributed by atoms with Crippen LogP contribution in [0.4, 0.5) is 11.4 Å². The van der Waals surface area contributed by atoms with Crippen LogP contribution >= 0.6 is 34.8 Å². The number of rotatable bonds is 6. The summed E-state index contributed by atoms with van der Waals surface area (Å²) in [5, 5.41) is 1.16. The van der Waals surface area contributed by atoms with Gasteiger partial charge in [0.1, 0.15) is 6.54 Å². The molecule has 6 nitrogen and oxygen atoms in total. The normalized spacial score (nSPS) is 14.2. The van der Waals surface area contributed by atoms with E-state index in [1.54, 1.807) is 29.2 Å². The van der Waals surface area contributed by atoms with Gasteiger partial charge in [-0.2, -0.15) is 0 Å². The number of benzene rings is 3. The highest BCUT2D eigenvalue weighted by atomic mass is 35.5. The van der Waals surface area contributed by atoms with Crippen molar-refractivity contribution in [1.29, 1.82) is 0 Å². The molecular formula is C25H24Cl3N3O3S. The molecule has 0 unspecified atom stereocenters. The van der Waals surface area contributed by atoms with Gasteiger partial charge in [-0.1, -0.05) is 59.1 Å². The summed E-state index contributed by atoms with van der Waals surface area (Å²) in [6.45, 7) is 3.74. The number of hydrogen-bond donors (Lipinski definition) is 0. The van der Waals surface area contributed by atoms with E-state index in [9.17, 15) is 13.2 Å². The summed E-state index contributed by atoms with van der Waals surface area (Å²) in [6, 6.07) is 18.2. The molecule has 0 atom stereocenters. The van der Waals surface area contributed by atoms with Gasteiger partial charge in [-0.15, -0.1) is 0 Å². The van der Waals surface area contributed by atoms with Crippen LogP contribution in [-0.4, -0.2) is 51.9 Å². The van der Waals surface area contributed by atoms with Crippen LogP contribution in [0.15, 0.2) is 71.6 Å². The minimum atomic E-state index is -4.07. The average molecular weight is 553 g/mol. The van der Waals surface area contributed by atoms with Crippen LogP contribution in [0.25, 0.3) is 0 Å². The second-order valence-electron chi connectivity index (χ2n) is 8.22. The number of piperazine rings is 1. The van der Waals surface area contributed by atoms with Gasteiger partial charge in [0.15, 0.2) is 0 Å². The second-order valence-corrected chi connectivity index (χ2v) is 11.4. The van der Waals surface area contributed by atoms with Crippen molar-refractivity contribution in [2.45, 2.75) is 11.8 Å². The van der Waals surface area contributed by atoms with E-state index >= 15 is 0 Å². The number of halogens is 3. The fourth-order valence-corrected chi connectivity index (χ4v) is 6.09. The van der Waals surface area contributed by atoms with Gasteiger partial charge in [-0.05, 0) is 55.0 Å². The van der Waals surface area contributed by atoms with Crippen LogP contribution in [0.2, 0.25) is 15.1 Å². The molecule has 0 spiro atoms. The Morgan fingerprint density at radius 3 is 2.20 bits per heavy atom. The largest absolute Gasteiger partial charge is 0.368 e. The van der Waals surface area contributed by atoms with Crippen molar-refractivity contribution in [1.82, 2.24) is 4.90 Å². The third-order valence-corrected chi connectivity index (χ3v) is 8.49. The van der Waals surface area contributed by atoms with E-state index in [1.165, 1.54) is 24.3 Å². The summed E-state index contributed by atoms with van der Waals surface area (Å²) >= 11 is 18.7. The lowest BCUT2D eigenvalue weighted by Gasteiger charge is -2.37. The van der Waals surface area contributed by atoms with Gasteiger partial charge in [-0.25, -0.2) is 8.42 Å². The molecule has 1 heterocycles. The molecule has 0 bridgehead atoms. The van der Waals surface area contributed by atoms with Gasteiger partial charge in [0.2, 0.25) is 5.91 Å². The highest BCUT2D eigenvalue weighted by Crippen LogP contribution is 2.33. The summed E-state index contributed by atoms with van der Waals surface area (Å²) in [7, 11) is -4.07. The van der Waals surface area contributed by atoms with E-state index in [4.69, 9.17) is 34.8 Å². The zero-order chi connectivity index (χ0) is 25.2. The van der Waals surface area contributed by atoms with E-state index in [2.05, 4.69) is 4.90 Å². The van der Waals surface area contributed by atoms with E-state index in [0.29, 0.717) is 36.2 Å². The van der Waals surface area contributed by atoms with Crippen molar-refractivity contribution in [2.75, 3.05) is 41.9 Å². The summed E-state index contributed by atoms with van der Waals surface area (Å²) < 4.78 is 28.1. The number of aryl methyl sites for hydroxylation is 1. The maximum absolute atomic E-state index is 13.6. The van der Waals surface area contributed by atoms with Crippen molar-refractivity contribution in [2.24, 2.45) is 0 Å². The quantitative estimate of drug-likeness (QED) is 0.405. The van der Waals surface area contributed by atoms with Crippen molar-refractivity contribution >= 4 is 62.1 Å². The number of carbonyl (C=O) groups excluding carboxylic acids is 1. The number of sulfonamides is 1. The standard InChI is InChI=1S/C25H24Cl3N3O3S/c1-18-7-8-19(26)15-23(18)29-11-13-30(14-12-29)25(32)17-31(24-16-20(27)9-10-22(24)28)35(33,34)21-5-3-2-4-6-21/h2-10,15-16H,11-14,17H2,1H3. The Kier molecular flexibility index (Phi) is 7.81. The van der Waals surface area contributed by atoms with Crippen LogP contribution in [0.1, 0.15) is 5.56 Å². The molecule has 1 fully saturated rings. The molecular weight excluding hydrogens is 529 g/mol. The van der Waals surface area contributed by atoms with Crippen LogP contribution in [-0.2, 0) is 14.8 Å². The van der Waals surface area contributed by atoms with Gasteiger partial charge in [0.05, 0.1) is 15.6 Å². The molecule has 10 heteroatoms. The molecule has 3 aromatic carbocycles. The molecule has 4 rings (SSSR count). The topological polar surface area (TPSA) is 60.9 Å². The van der Waals surface area contributed by atoms with Crippen LogP contribution < -0.4 is 9.21 Å². The van der Waals surface area contributed by atoms with Crippen molar-refractivity contribution in [3.05, 3.63) is 87.4 Å². The number of nitrogens with zero attached hydrogens (tertiary/aromatic N) is 3. The number of hydrogen-bond acceptors (Lipinski definition) is 4. The third kappa shape index (κ3) is 5.70. The predicted octanol–water partition coefficient (Wildman–Crippen LogP) is 5.50. The third-order valence-electron chi connectivity index (χ3n) is 5.93. The maximum Gasteiger partial charge on any atom is 0.264 e. The van der Waals surface area contributed by atoms with Crippen LogP contribution in [0, 0.1) is 6.92 Å². The first-order valence-electron chi connectivity index (χ1n) is 11.0. The molecule has 1 aliphatic rings. The number of anilines is 2. The molecule has 1 saturated heterocycles. The van der Waals surface area contributed by atoms with Crippen LogP contribution in [0.5, 0.6) is 0 Å². The Morgan fingerprint density at radius 2 is 1.51 bits per heavy atom. The summed E-state index contributed by atoms with van der Waals surface area (Å²) in [6.07, 6.45) is 0. The Bertz CT molecular complexity index is 1330. The molecule has 0 aliphatic carbocycles. The molecule has 0 N–H and O–H groups in total. The van der Waals surface area contributed by atoms with Gasteiger partial charge in [-0.3, -0.25) is 9.10 Å². The summed E-state index contributed by atoms with van der Waals surface area (Å²) in [5.74, 6) is -0.317. The highest BCUT2D eigenvalue weighted by Gasteiger charge is 2.31. The molecule has 0 radical (unpaired) electrons. The lowest BCUT2D eigenvalue weighted by Crippen LogP contribution is -2.52. The first-order chi connectivity index (χ1) is 16.7. The van der Waals surface area contributed by atoms with Crippen LogP contribution in [0.3, 0.4) is 0 Å². The minimum Gasteiger partial charge on any atom is -0.368 e. The monoisotopic (exact) mass is 551 g/mol. The van der Waals surface area contributed by atoms with E-state index in [1.807, 2.05) is 25.1 Å². The summed E-state index contributed by atoms with van der Waals surface area (Å²) in [4.78, 5) is 17.2. The summed E-state index contributed by atoms with van der Waals surface area (Å²) in [5.41, 5.74) is 2.29. The highest BCUT2D eigenvalue weighted by molar-refractivity contribution is 7.92. The Morgan fingerprint density at radius 1 is 0.886 bits per heavy atom. The molecule has 35 heavy (non-hydrogen) atoms. The Labute approximate surface area is 220 Å². The first-order valence-corrected chi connectivity index (χ1v) is 13.6. The average Bonchev–Trinajstić information content (AvgIpc) is 2.86. The first kappa shape index (κ1) is 25.6. The lowest BCUT2D eigenvalue weighted by molar-refractivity contribution is -0.129. The Balaban J connectivity index is 1.56. The van der Waals surface area contributed by atoms with Gasteiger partial charge < -0.3 is 9.80 Å². The SMILES string of the molecule is Cc1ccc(Cl)cc1N1CCN(C(=O)CN(c2cc(Cl)ccc2Cl)S(=O)(=O)c2ccccc2)CC1. The smallest absolute Gasteiger partial charge is 0.264 e. The van der Waals surface area contributed by atoms with Crippen molar-refractivity contribution in [3.8, 4) is 0 Å². The maximum atomic E-state index is 13.6. The number of carbonyl (C=O) groups is 1. The van der Waals surface area contributed by atoms with Crippen molar-refractivity contribution < 1.29 is 13.2 Å². The van der Waals surface area contributed by atoms with Crippen molar-refractivity contribution in [3.63, 3.8) is 0 Å². The predicted molar refractivity (Wildman–Crippen MR) is 142 cm³/mol. The fourth-order valence-electron chi connectivity index (χ4n) is 4.04. The van der Waals surface area contributed by atoms with E-state index in [0.717, 1.165) is 15.6 Å². The molecule has 184 valence electrons. The zero-order valence-electron chi connectivity index (χ0n) is 19.0. The van der Waals surface area contributed by atoms with Gasteiger partial charge in [0, 0.05) is 41.9 Å². The van der Waals surface area contributed by atoms with E-state index < -0.39 is 16.6 Å². The molecule has 3 aromatic rings. The van der Waals surface area contributed by atoms with Gasteiger partial charge >= 0.3 is 0 Å². The second kappa shape index (κ2) is 10.7.